The Bertz CT molecular complexity index is 876. The summed E-state index contributed by atoms with van der Waals surface area (Å²) < 4.78 is 43.6. The van der Waals surface area contributed by atoms with Gasteiger partial charge in [-0.2, -0.15) is 18.4 Å². The predicted molar refractivity (Wildman–Crippen MR) is 87.1 cm³/mol. The Balaban J connectivity index is 2.37. The van der Waals surface area contributed by atoms with Crippen LogP contribution in [0.5, 0.6) is 0 Å². The van der Waals surface area contributed by atoms with Crippen LogP contribution < -0.4 is 5.32 Å². The summed E-state index contributed by atoms with van der Waals surface area (Å²) in [5.41, 5.74) is -1.51. The molecule has 0 aliphatic rings. The third-order valence-electron chi connectivity index (χ3n) is 3.13. The van der Waals surface area contributed by atoms with Crippen LogP contribution in [0.4, 0.5) is 18.9 Å². The summed E-state index contributed by atoms with van der Waals surface area (Å²) in [6, 6.07) is 8.36. The van der Waals surface area contributed by atoms with E-state index in [1.54, 1.807) is 12.1 Å². The molecule has 0 spiro atoms. The summed E-state index contributed by atoms with van der Waals surface area (Å²) in [6.45, 7) is 0. The number of nitriles is 1. The topological polar surface area (TPSA) is 75.0 Å². The van der Waals surface area contributed by atoms with E-state index in [0.29, 0.717) is 5.56 Å². The normalized spacial score (nSPS) is 10.7. The highest BCUT2D eigenvalue weighted by Crippen LogP contribution is 2.32. The fourth-order valence-corrected chi connectivity index (χ4v) is 2.30. The zero-order valence-corrected chi connectivity index (χ0v) is 13.5. The van der Waals surface area contributed by atoms with E-state index in [0.717, 1.165) is 12.3 Å². The molecule has 0 atom stereocenters. The van der Waals surface area contributed by atoms with Gasteiger partial charge in [-0.15, -0.1) is 0 Å². The van der Waals surface area contributed by atoms with Crippen LogP contribution in [0.15, 0.2) is 36.5 Å². The van der Waals surface area contributed by atoms with Crippen LogP contribution in [-0.2, 0) is 10.9 Å². The molecule has 1 aromatic carbocycles. The zero-order valence-electron chi connectivity index (χ0n) is 12.7. The molecular formula is C16H10F3N3O2S. The van der Waals surface area contributed by atoms with Gasteiger partial charge in [0.2, 0.25) is 0 Å². The van der Waals surface area contributed by atoms with Crippen molar-refractivity contribution in [3.63, 3.8) is 0 Å². The average molecular weight is 365 g/mol. The average Bonchev–Trinajstić information content (AvgIpc) is 2.60. The van der Waals surface area contributed by atoms with Crippen LogP contribution in [0.1, 0.15) is 27.2 Å². The Hall–Kier alpha value is -2.99. The van der Waals surface area contributed by atoms with Crippen molar-refractivity contribution in [2.75, 3.05) is 12.4 Å². The third-order valence-corrected chi connectivity index (χ3v) is 3.46. The van der Waals surface area contributed by atoms with Crippen molar-refractivity contribution >= 4 is 28.9 Å². The fourth-order valence-electron chi connectivity index (χ4n) is 2.01. The summed E-state index contributed by atoms with van der Waals surface area (Å²) in [4.78, 5) is 15.3. The number of alkyl halides is 3. The van der Waals surface area contributed by atoms with Crippen molar-refractivity contribution in [1.82, 2.24) is 4.98 Å². The molecule has 0 aliphatic heterocycles. The minimum atomic E-state index is -4.73. The number of hydrogen-bond acceptors (Lipinski definition) is 5. The molecule has 2 rings (SSSR count). The highest BCUT2D eigenvalue weighted by Gasteiger charge is 2.34. The molecule has 0 saturated carbocycles. The standard InChI is InChI=1S/C16H10F3N3O2S/c1-24-15(23)11-5-3-2-4-10(11)14(25)22-9-6-12(16(17,18)19)13(7-20)21-8-9/h2-6,8H,1H3,(H,22,25). The number of benzene rings is 1. The predicted octanol–water partition coefficient (Wildman–Crippen LogP) is 3.55. The minimum Gasteiger partial charge on any atom is -0.465 e. The second-order valence-corrected chi connectivity index (χ2v) is 5.13. The number of anilines is 1. The fraction of sp³-hybridized carbons (Fsp3) is 0.125. The number of hydrogen-bond donors (Lipinski definition) is 1. The van der Waals surface area contributed by atoms with Crippen LogP contribution in [-0.4, -0.2) is 23.1 Å². The number of pyridine rings is 1. The van der Waals surface area contributed by atoms with E-state index in [9.17, 15) is 18.0 Å². The molecule has 5 nitrogen and oxygen atoms in total. The summed E-state index contributed by atoms with van der Waals surface area (Å²) in [6.07, 6.45) is -3.68. The number of aromatic nitrogens is 1. The molecule has 1 heterocycles. The number of methoxy groups -OCH3 is 1. The molecule has 0 fully saturated rings. The van der Waals surface area contributed by atoms with Gasteiger partial charge in [0.1, 0.15) is 11.1 Å². The number of rotatable bonds is 3. The van der Waals surface area contributed by atoms with Crippen LogP contribution in [0.25, 0.3) is 0 Å². The van der Waals surface area contributed by atoms with E-state index in [-0.39, 0.29) is 16.2 Å². The lowest BCUT2D eigenvalue weighted by Gasteiger charge is -2.13. The molecule has 1 aromatic heterocycles. The van der Waals surface area contributed by atoms with Crippen LogP contribution in [0.2, 0.25) is 0 Å². The summed E-state index contributed by atoms with van der Waals surface area (Å²) in [7, 11) is 1.20. The van der Waals surface area contributed by atoms with Crippen molar-refractivity contribution < 1.29 is 22.7 Å². The molecule has 2 aromatic rings. The van der Waals surface area contributed by atoms with Crippen LogP contribution in [0, 0.1) is 11.3 Å². The molecule has 0 unspecified atom stereocenters. The number of carbonyl (C=O) groups is 1. The lowest BCUT2D eigenvalue weighted by atomic mass is 10.1. The first kappa shape index (κ1) is 18.4. The van der Waals surface area contributed by atoms with Crippen molar-refractivity contribution in [2.45, 2.75) is 6.18 Å². The zero-order chi connectivity index (χ0) is 18.6. The number of carbonyl (C=O) groups excluding carboxylic acids is 1. The van der Waals surface area contributed by atoms with Gasteiger partial charge in [0.15, 0.2) is 5.69 Å². The molecule has 0 radical (unpaired) electrons. The Morgan fingerprint density at radius 3 is 2.52 bits per heavy atom. The molecule has 0 amide bonds. The molecule has 25 heavy (non-hydrogen) atoms. The Kier molecular flexibility index (Phi) is 5.34. The van der Waals surface area contributed by atoms with E-state index in [1.165, 1.54) is 25.3 Å². The number of nitrogens with zero attached hydrogens (tertiary/aromatic N) is 2. The molecule has 128 valence electrons. The van der Waals surface area contributed by atoms with Crippen molar-refractivity contribution in [3.05, 3.63) is 58.9 Å². The van der Waals surface area contributed by atoms with Gasteiger partial charge in [-0.05, 0) is 12.1 Å². The van der Waals surface area contributed by atoms with E-state index in [4.69, 9.17) is 17.5 Å². The lowest BCUT2D eigenvalue weighted by molar-refractivity contribution is -0.138. The first-order chi connectivity index (χ1) is 11.8. The van der Waals surface area contributed by atoms with Crippen molar-refractivity contribution in [2.24, 2.45) is 0 Å². The van der Waals surface area contributed by atoms with Crippen LogP contribution >= 0.6 is 12.2 Å². The van der Waals surface area contributed by atoms with Gasteiger partial charge >= 0.3 is 12.1 Å². The third kappa shape index (κ3) is 4.10. The number of nitrogens with one attached hydrogen (secondary N) is 1. The van der Waals surface area contributed by atoms with Gasteiger partial charge in [0.05, 0.1) is 30.1 Å². The maximum absolute atomic E-state index is 13.0. The highest BCUT2D eigenvalue weighted by atomic mass is 32.1. The molecule has 0 saturated heterocycles. The van der Waals surface area contributed by atoms with E-state index in [1.807, 2.05) is 0 Å². The van der Waals surface area contributed by atoms with Gasteiger partial charge in [-0.25, -0.2) is 9.78 Å². The van der Waals surface area contributed by atoms with Crippen LogP contribution in [0.3, 0.4) is 0 Å². The van der Waals surface area contributed by atoms with Gasteiger partial charge in [0, 0.05) is 5.56 Å². The smallest absolute Gasteiger partial charge is 0.419 e. The highest BCUT2D eigenvalue weighted by molar-refractivity contribution is 7.81. The number of ether oxygens (including phenoxy) is 1. The minimum absolute atomic E-state index is 0.0145. The maximum Gasteiger partial charge on any atom is 0.419 e. The molecule has 1 N–H and O–H groups in total. The van der Waals surface area contributed by atoms with Gasteiger partial charge in [-0.3, -0.25) is 0 Å². The lowest BCUT2D eigenvalue weighted by Crippen LogP contribution is -2.17. The van der Waals surface area contributed by atoms with Crippen molar-refractivity contribution in [1.29, 1.82) is 5.26 Å². The second-order valence-electron chi connectivity index (χ2n) is 4.72. The van der Waals surface area contributed by atoms with E-state index < -0.39 is 23.4 Å². The van der Waals surface area contributed by atoms with Crippen molar-refractivity contribution in [3.8, 4) is 6.07 Å². The number of halogens is 3. The summed E-state index contributed by atoms with van der Waals surface area (Å²) in [5.74, 6) is -0.631. The summed E-state index contributed by atoms with van der Waals surface area (Å²) in [5, 5.41) is 11.3. The first-order valence-corrected chi connectivity index (χ1v) is 7.14. The molecule has 9 heteroatoms. The largest absolute Gasteiger partial charge is 0.465 e. The molecule has 0 bridgehead atoms. The number of esters is 1. The van der Waals surface area contributed by atoms with E-state index >= 15 is 0 Å². The molecular weight excluding hydrogens is 355 g/mol. The van der Waals surface area contributed by atoms with Gasteiger partial charge < -0.3 is 10.1 Å². The Morgan fingerprint density at radius 2 is 1.96 bits per heavy atom. The Morgan fingerprint density at radius 1 is 1.32 bits per heavy atom. The van der Waals surface area contributed by atoms with Gasteiger partial charge in [-0.1, -0.05) is 30.4 Å². The quantitative estimate of drug-likeness (QED) is 0.662. The monoisotopic (exact) mass is 365 g/mol. The number of thiocarbonyl (C=S) groups is 1. The van der Waals surface area contributed by atoms with E-state index in [2.05, 4.69) is 15.0 Å². The SMILES string of the molecule is COC(=O)c1ccccc1C(=S)Nc1cnc(C#N)c(C(F)(F)F)c1. The van der Waals surface area contributed by atoms with Gasteiger partial charge in [0.25, 0.3) is 0 Å². The summed E-state index contributed by atoms with van der Waals surface area (Å²) >= 11 is 5.16. The first-order valence-electron chi connectivity index (χ1n) is 6.74. The Labute approximate surface area is 146 Å². The second kappa shape index (κ2) is 7.27. The maximum atomic E-state index is 13.0. The molecule has 0 aliphatic carbocycles.